The number of nitrogens with zero attached hydrogens (tertiary/aromatic N) is 3. The number of amidine groups is 1. The van der Waals surface area contributed by atoms with Gasteiger partial charge in [-0.3, -0.25) is 0 Å². The van der Waals surface area contributed by atoms with Gasteiger partial charge in [-0.05, 0) is 74.3 Å². The maximum absolute atomic E-state index is 4.85. The Balaban J connectivity index is 1.95. The lowest BCUT2D eigenvalue weighted by Crippen LogP contribution is -2.19. The molecule has 0 N–H and O–H groups in total. The van der Waals surface area contributed by atoms with Crippen molar-refractivity contribution in [3.8, 4) is 0 Å². The van der Waals surface area contributed by atoms with Crippen molar-refractivity contribution in [3.63, 3.8) is 0 Å². The smallest absolute Gasteiger partial charge is 0.311 e. The first-order valence-corrected chi connectivity index (χ1v) is 10.7. The number of hydrogen-bond donors (Lipinski definition) is 0. The van der Waals surface area contributed by atoms with Crippen LogP contribution in [0.2, 0.25) is 0 Å². The van der Waals surface area contributed by atoms with Crippen molar-refractivity contribution < 1.29 is 4.58 Å². The molecule has 3 rings (SSSR count). The highest BCUT2D eigenvalue weighted by atomic mass is 15.2. The fourth-order valence-corrected chi connectivity index (χ4v) is 3.60. The fraction of sp³-hybridized carbons (Fsp3) is 0.103. The van der Waals surface area contributed by atoms with Gasteiger partial charge in [0.25, 0.3) is 0 Å². The first-order chi connectivity index (χ1) is 15.5. The minimum absolute atomic E-state index is 0.810. The third kappa shape index (κ3) is 4.68. The van der Waals surface area contributed by atoms with Crippen LogP contribution in [-0.2, 0) is 0 Å². The Morgan fingerprint density at radius 1 is 1.00 bits per heavy atom. The van der Waals surface area contributed by atoms with E-state index < -0.39 is 0 Å². The molecule has 0 fully saturated rings. The van der Waals surface area contributed by atoms with Crippen molar-refractivity contribution >= 4 is 29.1 Å². The van der Waals surface area contributed by atoms with Gasteiger partial charge in [0.2, 0.25) is 5.69 Å². The van der Waals surface area contributed by atoms with Gasteiger partial charge in [-0.25, -0.2) is 0 Å². The molecule has 0 atom stereocenters. The molecule has 0 unspecified atom stereocenters. The average molecular weight is 421 g/mol. The average Bonchev–Trinajstić information content (AvgIpc) is 3.18. The molecule has 0 spiro atoms. The summed E-state index contributed by atoms with van der Waals surface area (Å²) in [6, 6.07) is 16.5. The van der Waals surface area contributed by atoms with Gasteiger partial charge in [-0.15, -0.1) is 0 Å². The Morgan fingerprint density at radius 2 is 1.72 bits per heavy atom. The molecule has 1 heterocycles. The number of rotatable bonds is 8. The number of allylic oxidation sites excluding steroid dienone is 5. The summed E-state index contributed by atoms with van der Waals surface area (Å²) in [5, 5.41) is 0. The van der Waals surface area contributed by atoms with Gasteiger partial charge >= 0.3 is 5.84 Å². The number of hydrogen-bond acceptors (Lipinski definition) is 2. The Hall–Kier alpha value is -3.98. The lowest BCUT2D eigenvalue weighted by Gasteiger charge is -2.26. The lowest BCUT2D eigenvalue weighted by molar-refractivity contribution is -0.293. The monoisotopic (exact) mass is 420 g/mol. The van der Waals surface area contributed by atoms with Crippen LogP contribution in [0.3, 0.4) is 0 Å². The van der Waals surface area contributed by atoms with Gasteiger partial charge in [0.05, 0.1) is 11.8 Å². The normalized spacial score (nSPS) is 15.0. The van der Waals surface area contributed by atoms with Crippen LogP contribution >= 0.6 is 0 Å². The minimum Gasteiger partial charge on any atom is -0.311 e. The van der Waals surface area contributed by atoms with Gasteiger partial charge in [-0.1, -0.05) is 61.7 Å². The van der Waals surface area contributed by atoms with Crippen LogP contribution in [0.5, 0.6) is 0 Å². The van der Waals surface area contributed by atoms with E-state index in [2.05, 4.69) is 78.6 Å². The van der Waals surface area contributed by atoms with E-state index in [1.165, 1.54) is 5.56 Å². The first kappa shape index (κ1) is 22.7. The van der Waals surface area contributed by atoms with E-state index in [1.807, 2.05) is 56.5 Å². The Labute approximate surface area is 191 Å². The molecule has 2 aromatic rings. The topological polar surface area (TPSA) is 18.6 Å². The summed E-state index contributed by atoms with van der Waals surface area (Å²) < 4.78 is 2.11. The van der Waals surface area contributed by atoms with Crippen molar-refractivity contribution in [1.29, 1.82) is 0 Å². The molecule has 2 aromatic carbocycles. The molecule has 3 nitrogen and oxygen atoms in total. The summed E-state index contributed by atoms with van der Waals surface area (Å²) in [6.45, 7) is 18.3. The number of fused-ring (bicyclic) bond motifs is 1. The van der Waals surface area contributed by atoms with Gasteiger partial charge in [0.15, 0.2) is 5.69 Å². The van der Waals surface area contributed by atoms with Crippen LogP contribution in [0, 0.1) is 6.92 Å². The van der Waals surface area contributed by atoms with E-state index in [1.54, 1.807) is 6.08 Å². The summed E-state index contributed by atoms with van der Waals surface area (Å²) in [5.41, 5.74) is 6.98. The molecule has 0 aromatic heterocycles. The predicted octanol–water partition coefficient (Wildman–Crippen LogP) is 7.55. The van der Waals surface area contributed by atoms with E-state index in [-0.39, 0.29) is 0 Å². The summed E-state index contributed by atoms with van der Waals surface area (Å²) in [7, 11) is 0. The molecule has 0 radical (unpaired) electrons. The largest absolute Gasteiger partial charge is 0.335 e. The second-order valence-corrected chi connectivity index (χ2v) is 7.32. The van der Waals surface area contributed by atoms with E-state index in [9.17, 15) is 0 Å². The Morgan fingerprint density at radius 3 is 2.34 bits per heavy atom. The molecule has 0 bridgehead atoms. The number of anilines is 1. The van der Waals surface area contributed by atoms with Gasteiger partial charge in [0, 0.05) is 17.1 Å². The quantitative estimate of drug-likeness (QED) is 0.318. The highest BCUT2D eigenvalue weighted by Crippen LogP contribution is 2.35. The Bertz CT molecular complexity index is 1190. The number of benzene rings is 2. The van der Waals surface area contributed by atoms with Crippen LogP contribution in [0.15, 0.2) is 127 Å². The van der Waals surface area contributed by atoms with Crippen LogP contribution < -0.4 is 4.90 Å². The summed E-state index contributed by atoms with van der Waals surface area (Å²) >= 11 is 0. The second kappa shape index (κ2) is 10.4. The fourth-order valence-electron chi connectivity index (χ4n) is 3.60. The molecule has 0 amide bonds. The SMILES string of the molecule is C=C/C=C(\C=C)N(C(=C)/C=C\C(=C/C)C1=Nc2ccccc2[N+]1=CC)c1ccc(C)cc1. The van der Waals surface area contributed by atoms with E-state index in [0.717, 1.165) is 39.9 Å². The van der Waals surface area contributed by atoms with Gasteiger partial charge in [0.1, 0.15) is 0 Å². The summed E-state index contributed by atoms with van der Waals surface area (Å²) in [6.07, 6.45) is 13.7. The number of para-hydroxylation sites is 2. The van der Waals surface area contributed by atoms with Crippen molar-refractivity contribution in [2.24, 2.45) is 4.99 Å². The second-order valence-electron chi connectivity index (χ2n) is 7.32. The molecular formula is C29H30N3+. The number of aryl methyl sites for hydroxylation is 1. The lowest BCUT2D eigenvalue weighted by atomic mass is 10.1. The zero-order valence-electron chi connectivity index (χ0n) is 19.1. The summed E-state index contributed by atoms with van der Waals surface area (Å²) in [4.78, 5) is 6.92. The maximum Gasteiger partial charge on any atom is 0.335 e. The van der Waals surface area contributed by atoms with E-state index in [4.69, 9.17) is 4.99 Å². The molecule has 32 heavy (non-hydrogen) atoms. The van der Waals surface area contributed by atoms with Crippen LogP contribution in [0.25, 0.3) is 0 Å². The van der Waals surface area contributed by atoms with Crippen molar-refractivity contribution in [1.82, 2.24) is 0 Å². The van der Waals surface area contributed by atoms with Gasteiger partial charge < -0.3 is 4.90 Å². The molecule has 0 saturated carbocycles. The van der Waals surface area contributed by atoms with Gasteiger partial charge in [-0.2, -0.15) is 4.58 Å². The maximum atomic E-state index is 4.85. The van der Waals surface area contributed by atoms with Crippen molar-refractivity contribution in [3.05, 3.63) is 127 Å². The predicted molar refractivity (Wildman–Crippen MR) is 139 cm³/mol. The van der Waals surface area contributed by atoms with Crippen LogP contribution in [0.1, 0.15) is 19.4 Å². The highest BCUT2D eigenvalue weighted by Gasteiger charge is 2.30. The molecule has 0 aliphatic carbocycles. The molecule has 3 heteroatoms. The van der Waals surface area contributed by atoms with E-state index >= 15 is 0 Å². The molecular weight excluding hydrogens is 390 g/mol. The zero-order valence-corrected chi connectivity index (χ0v) is 19.1. The van der Waals surface area contributed by atoms with Crippen molar-refractivity contribution in [2.75, 3.05) is 4.90 Å². The molecule has 0 saturated heterocycles. The molecule has 160 valence electrons. The standard InChI is InChI=1S/C29H30N3/c1-7-13-25(9-3)32(26-20-16-22(5)17-21-26)23(6)18-19-24(8-2)29-30-27-14-11-12-15-28(27)31(29)10-4/h7-21H,1,3,6H2,2,4-5H3/q+1/b19-18-,24-8+,25-13+,31-10?. The van der Waals surface area contributed by atoms with E-state index in [0.29, 0.717) is 0 Å². The Kier molecular flexibility index (Phi) is 7.35. The first-order valence-electron chi connectivity index (χ1n) is 10.7. The molecule has 1 aliphatic heterocycles. The third-order valence-corrected chi connectivity index (χ3v) is 5.21. The van der Waals surface area contributed by atoms with Crippen LogP contribution in [-0.4, -0.2) is 16.6 Å². The van der Waals surface area contributed by atoms with Crippen molar-refractivity contribution in [2.45, 2.75) is 20.8 Å². The summed E-state index contributed by atoms with van der Waals surface area (Å²) in [5.74, 6) is 0.896. The number of aliphatic imine (C=N–C) groups is 1. The minimum atomic E-state index is 0.810. The highest BCUT2D eigenvalue weighted by molar-refractivity contribution is 6.02. The third-order valence-electron chi connectivity index (χ3n) is 5.21. The molecule has 1 aliphatic rings. The zero-order chi connectivity index (χ0) is 23.1. The van der Waals surface area contributed by atoms with Crippen LogP contribution in [0.4, 0.5) is 17.1 Å².